The number of carbonyl (C=O) groups excluding carboxylic acids is 1. The van der Waals surface area contributed by atoms with Crippen molar-refractivity contribution < 1.29 is 4.79 Å². The molecular formula is C26H18Cl2N2O. The van der Waals surface area contributed by atoms with Crippen molar-refractivity contribution in [1.29, 1.82) is 0 Å². The summed E-state index contributed by atoms with van der Waals surface area (Å²) < 4.78 is 2.20. The molecule has 0 aliphatic rings. The summed E-state index contributed by atoms with van der Waals surface area (Å²) >= 11 is 12.4. The normalized spacial score (nSPS) is 11.3. The van der Waals surface area contributed by atoms with E-state index >= 15 is 0 Å². The first-order valence-electron chi connectivity index (χ1n) is 9.87. The standard InChI is InChI=1S/C26H18Cl2N2O/c27-21-12-9-16(13-22(21)28)15-30-23-8-4-7-20(26(29)31)25(23)19-11-10-18(14-24(19)30)17-5-2-1-3-6-17/h1-14H,15H2,(H2,29,31). The Kier molecular flexibility index (Phi) is 4.93. The molecule has 0 aliphatic carbocycles. The summed E-state index contributed by atoms with van der Waals surface area (Å²) in [6.45, 7) is 0.581. The molecule has 152 valence electrons. The van der Waals surface area contributed by atoms with Crippen LogP contribution in [0.4, 0.5) is 0 Å². The number of aromatic nitrogens is 1. The molecule has 31 heavy (non-hydrogen) atoms. The van der Waals surface area contributed by atoms with Crippen LogP contribution in [0.2, 0.25) is 10.0 Å². The average Bonchev–Trinajstić information content (AvgIpc) is 3.10. The third-order valence-electron chi connectivity index (χ3n) is 5.59. The lowest BCUT2D eigenvalue weighted by Gasteiger charge is -2.10. The summed E-state index contributed by atoms with van der Waals surface area (Å²) in [6, 6.07) is 27.8. The van der Waals surface area contributed by atoms with E-state index in [1.807, 2.05) is 42.5 Å². The third kappa shape index (κ3) is 3.46. The molecule has 5 aromatic rings. The fraction of sp³-hybridized carbons (Fsp3) is 0.0385. The molecule has 1 aromatic heterocycles. The second kappa shape index (κ2) is 7.77. The number of fused-ring (bicyclic) bond motifs is 3. The van der Waals surface area contributed by atoms with Gasteiger partial charge in [0.2, 0.25) is 5.91 Å². The maximum absolute atomic E-state index is 12.2. The Bertz CT molecular complexity index is 1460. The molecule has 0 aliphatic heterocycles. The maximum Gasteiger partial charge on any atom is 0.249 e. The molecule has 0 bridgehead atoms. The molecule has 0 spiro atoms. The number of hydrogen-bond donors (Lipinski definition) is 1. The molecule has 0 saturated heterocycles. The lowest BCUT2D eigenvalue weighted by molar-refractivity contribution is 0.100. The molecule has 1 amide bonds. The van der Waals surface area contributed by atoms with E-state index in [1.54, 1.807) is 12.1 Å². The van der Waals surface area contributed by atoms with Crippen LogP contribution in [0.3, 0.4) is 0 Å². The van der Waals surface area contributed by atoms with Crippen molar-refractivity contribution >= 4 is 50.9 Å². The smallest absolute Gasteiger partial charge is 0.249 e. The molecule has 4 aromatic carbocycles. The Morgan fingerprint density at radius 2 is 1.58 bits per heavy atom. The van der Waals surface area contributed by atoms with E-state index in [4.69, 9.17) is 28.9 Å². The predicted molar refractivity (Wildman–Crippen MR) is 129 cm³/mol. The second-order valence-electron chi connectivity index (χ2n) is 7.50. The monoisotopic (exact) mass is 444 g/mol. The molecule has 0 saturated carbocycles. The number of primary amides is 1. The number of amides is 1. The number of nitrogens with zero attached hydrogens (tertiary/aromatic N) is 1. The van der Waals surface area contributed by atoms with Crippen molar-refractivity contribution in [2.45, 2.75) is 6.54 Å². The van der Waals surface area contributed by atoms with Crippen LogP contribution in [0, 0.1) is 0 Å². The topological polar surface area (TPSA) is 48.0 Å². The highest BCUT2D eigenvalue weighted by atomic mass is 35.5. The summed E-state index contributed by atoms with van der Waals surface area (Å²) in [5.41, 5.74) is 11.4. The minimum Gasteiger partial charge on any atom is -0.366 e. The SMILES string of the molecule is NC(=O)c1cccc2c1c1ccc(-c3ccccc3)cc1n2Cc1ccc(Cl)c(Cl)c1. The van der Waals surface area contributed by atoms with E-state index in [9.17, 15) is 4.79 Å². The van der Waals surface area contributed by atoms with E-state index in [0.29, 0.717) is 22.2 Å². The number of hydrogen-bond acceptors (Lipinski definition) is 1. The van der Waals surface area contributed by atoms with Crippen LogP contribution in [-0.2, 0) is 6.54 Å². The van der Waals surface area contributed by atoms with E-state index in [0.717, 1.165) is 38.5 Å². The van der Waals surface area contributed by atoms with Gasteiger partial charge in [-0.1, -0.05) is 77.8 Å². The molecule has 0 unspecified atom stereocenters. The highest BCUT2D eigenvalue weighted by Gasteiger charge is 2.17. The average molecular weight is 445 g/mol. The van der Waals surface area contributed by atoms with Crippen molar-refractivity contribution in [3.63, 3.8) is 0 Å². The second-order valence-corrected chi connectivity index (χ2v) is 8.31. The van der Waals surface area contributed by atoms with E-state index in [1.165, 1.54) is 0 Å². The van der Waals surface area contributed by atoms with Gasteiger partial charge in [0, 0.05) is 22.9 Å². The van der Waals surface area contributed by atoms with Gasteiger partial charge in [-0.15, -0.1) is 0 Å². The largest absolute Gasteiger partial charge is 0.366 e. The Morgan fingerprint density at radius 1 is 0.774 bits per heavy atom. The highest BCUT2D eigenvalue weighted by Crippen LogP contribution is 2.35. The lowest BCUT2D eigenvalue weighted by atomic mass is 10.0. The van der Waals surface area contributed by atoms with Crippen molar-refractivity contribution in [2.24, 2.45) is 5.73 Å². The molecule has 0 fully saturated rings. The highest BCUT2D eigenvalue weighted by molar-refractivity contribution is 6.42. The summed E-state index contributed by atoms with van der Waals surface area (Å²) in [5.74, 6) is -0.439. The van der Waals surface area contributed by atoms with Gasteiger partial charge in [-0.05, 0) is 47.0 Å². The fourth-order valence-electron chi connectivity index (χ4n) is 4.15. The fourth-order valence-corrected chi connectivity index (χ4v) is 4.47. The first-order chi connectivity index (χ1) is 15.0. The number of halogens is 2. The van der Waals surface area contributed by atoms with Crippen LogP contribution < -0.4 is 5.73 Å². The van der Waals surface area contributed by atoms with Gasteiger partial charge in [0.05, 0.1) is 21.1 Å². The van der Waals surface area contributed by atoms with Gasteiger partial charge in [-0.3, -0.25) is 4.79 Å². The summed E-state index contributed by atoms with van der Waals surface area (Å²) in [6.07, 6.45) is 0. The molecule has 5 rings (SSSR count). The van der Waals surface area contributed by atoms with Crippen LogP contribution in [0.15, 0.2) is 84.9 Å². The van der Waals surface area contributed by atoms with Crippen molar-refractivity contribution in [1.82, 2.24) is 4.57 Å². The summed E-state index contributed by atoms with van der Waals surface area (Å²) in [5, 5.41) is 2.89. The van der Waals surface area contributed by atoms with E-state index in [-0.39, 0.29) is 0 Å². The van der Waals surface area contributed by atoms with Crippen molar-refractivity contribution in [3.8, 4) is 11.1 Å². The van der Waals surface area contributed by atoms with Crippen molar-refractivity contribution in [3.05, 3.63) is 106 Å². The van der Waals surface area contributed by atoms with Gasteiger partial charge >= 0.3 is 0 Å². The van der Waals surface area contributed by atoms with E-state index < -0.39 is 5.91 Å². The third-order valence-corrected chi connectivity index (χ3v) is 6.33. The summed E-state index contributed by atoms with van der Waals surface area (Å²) in [7, 11) is 0. The van der Waals surface area contributed by atoms with Crippen LogP contribution in [0.25, 0.3) is 32.9 Å². The zero-order valence-electron chi connectivity index (χ0n) is 16.5. The van der Waals surface area contributed by atoms with Crippen LogP contribution in [-0.4, -0.2) is 10.5 Å². The van der Waals surface area contributed by atoms with Gasteiger partial charge in [-0.2, -0.15) is 0 Å². The molecular weight excluding hydrogens is 427 g/mol. The maximum atomic E-state index is 12.2. The molecule has 5 heteroatoms. The van der Waals surface area contributed by atoms with Gasteiger partial charge in [-0.25, -0.2) is 0 Å². The minimum atomic E-state index is -0.439. The van der Waals surface area contributed by atoms with Gasteiger partial charge < -0.3 is 10.3 Å². The van der Waals surface area contributed by atoms with Gasteiger partial charge in [0.1, 0.15) is 0 Å². The summed E-state index contributed by atoms with van der Waals surface area (Å²) in [4.78, 5) is 12.2. The number of benzene rings is 4. The number of rotatable bonds is 4. The molecule has 1 heterocycles. The van der Waals surface area contributed by atoms with E-state index in [2.05, 4.69) is 34.9 Å². The molecule has 0 radical (unpaired) electrons. The Labute approximate surface area is 189 Å². The van der Waals surface area contributed by atoms with Gasteiger partial charge in [0.25, 0.3) is 0 Å². The Hall–Kier alpha value is -3.27. The minimum absolute atomic E-state index is 0.439. The van der Waals surface area contributed by atoms with Gasteiger partial charge in [0.15, 0.2) is 0 Å². The zero-order chi connectivity index (χ0) is 21.5. The first-order valence-corrected chi connectivity index (χ1v) is 10.6. The predicted octanol–water partition coefficient (Wildman–Crippen LogP) is 6.92. The van der Waals surface area contributed by atoms with Crippen LogP contribution in [0.5, 0.6) is 0 Å². The molecule has 0 atom stereocenters. The number of nitrogens with two attached hydrogens (primary N) is 1. The first kappa shape index (κ1) is 19.7. The number of carbonyl (C=O) groups is 1. The van der Waals surface area contributed by atoms with Crippen molar-refractivity contribution in [2.75, 3.05) is 0 Å². The van der Waals surface area contributed by atoms with Crippen LogP contribution in [0.1, 0.15) is 15.9 Å². The molecule has 2 N–H and O–H groups in total. The molecule has 3 nitrogen and oxygen atoms in total. The lowest BCUT2D eigenvalue weighted by Crippen LogP contribution is -2.11. The Balaban J connectivity index is 1.80. The Morgan fingerprint density at radius 3 is 2.32 bits per heavy atom. The van der Waals surface area contributed by atoms with Crippen LogP contribution >= 0.6 is 23.2 Å². The zero-order valence-corrected chi connectivity index (χ0v) is 18.0. The quantitative estimate of drug-likeness (QED) is 0.321.